The second kappa shape index (κ2) is 15.2. The number of nitrogens with one attached hydrogen (secondary N) is 2. The summed E-state index contributed by atoms with van der Waals surface area (Å²) < 4.78 is 19.6. The van der Waals surface area contributed by atoms with Gasteiger partial charge in [-0.3, -0.25) is 9.59 Å². The molecule has 1 saturated carbocycles. The molecule has 3 N–H and O–H groups in total. The first-order valence-corrected chi connectivity index (χ1v) is 19.3. The maximum Gasteiger partial charge on any atom is 0.254 e. The van der Waals surface area contributed by atoms with Crippen molar-refractivity contribution in [2.75, 3.05) is 37.8 Å². The number of H-pyrrole nitrogens is 1. The number of aliphatic hydroxyl groups excluding tert-OH is 1. The fourth-order valence-electron chi connectivity index (χ4n) is 8.00. The minimum Gasteiger partial charge on any atom is -0.448 e. The Balaban J connectivity index is 1.31. The molecule has 276 valence electrons. The van der Waals surface area contributed by atoms with Crippen molar-refractivity contribution in [1.29, 1.82) is 0 Å². The van der Waals surface area contributed by atoms with Gasteiger partial charge in [0.1, 0.15) is 5.82 Å². The molecule has 12 heteroatoms. The zero-order valence-corrected chi connectivity index (χ0v) is 32.0. The molecular formula is C39H53N5O6S. The Bertz CT molecular complexity index is 1780. The highest BCUT2D eigenvalue weighted by Gasteiger charge is 2.48. The molecule has 4 heterocycles. The van der Waals surface area contributed by atoms with E-state index in [4.69, 9.17) is 19.2 Å². The third kappa shape index (κ3) is 7.94. The van der Waals surface area contributed by atoms with Crippen molar-refractivity contribution in [3.05, 3.63) is 63.2 Å². The molecule has 2 aliphatic heterocycles. The summed E-state index contributed by atoms with van der Waals surface area (Å²) in [6.45, 7) is 14.0. The van der Waals surface area contributed by atoms with E-state index in [1.165, 1.54) is 11.8 Å². The Morgan fingerprint density at radius 3 is 2.45 bits per heavy atom. The molecule has 1 saturated heterocycles. The van der Waals surface area contributed by atoms with Crippen molar-refractivity contribution in [3.8, 4) is 22.6 Å². The van der Waals surface area contributed by atoms with E-state index >= 15 is 0 Å². The number of ether oxygens (including phenoxy) is 3. The quantitative estimate of drug-likeness (QED) is 0.225. The Morgan fingerprint density at radius 2 is 1.82 bits per heavy atom. The normalized spacial score (nSPS) is 25.3. The number of aliphatic hydroxyl groups is 1. The number of benzene rings is 1. The van der Waals surface area contributed by atoms with E-state index in [1.807, 2.05) is 64.4 Å². The van der Waals surface area contributed by atoms with Gasteiger partial charge in [-0.2, -0.15) is 0 Å². The lowest BCUT2D eigenvalue weighted by Crippen LogP contribution is -2.47. The molecule has 51 heavy (non-hydrogen) atoms. The molecule has 0 bridgehead atoms. The van der Waals surface area contributed by atoms with Gasteiger partial charge in [0.15, 0.2) is 11.5 Å². The van der Waals surface area contributed by atoms with E-state index in [1.54, 1.807) is 0 Å². The molecule has 4 atom stereocenters. The number of hydrogen-bond donors (Lipinski definition) is 3. The van der Waals surface area contributed by atoms with Crippen molar-refractivity contribution in [1.82, 2.24) is 20.2 Å². The molecule has 1 aliphatic carbocycles. The highest BCUT2D eigenvalue weighted by atomic mass is 32.2. The van der Waals surface area contributed by atoms with Gasteiger partial charge in [0.2, 0.25) is 0 Å². The Kier molecular flexibility index (Phi) is 11.1. The molecular weight excluding hydrogens is 667 g/mol. The minimum absolute atomic E-state index is 0.0882. The molecule has 2 fully saturated rings. The largest absolute Gasteiger partial charge is 0.448 e. The smallest absolute Gasteiger partial charge is 0.254 e. The standard InChI is InChI=1S/C39H53N5O6S/c1-22-15-33(51-8)32(38(47)42-22)18-41-37(46)30-16-31(27-9-14-34(40-17-27)44-20-24(3)48-25(4)21-44)36-35(26(30)5)49-39(6,50-36)28-10-12-29(13-11-28)43(7)19-23(2)45/h9,14-17,23-25,28-29,45H,10-13,18-21H2,1-8H3,(H,41,46)(H,42,47)/t23-,24-,25+,28-,29-,39?/m0/s1. The lowest BCUT2D eigenvalue weighted by Gasteiger charge is -2.40. The number of fused-ring (bicyclic) bond motifs is 1. The number of aromatic amines is 1. The van der Waals surface area contributed by atoms with E-state index in [9.17, 15) is 14.7 Å². The molecule has 11 nitrogen and oxygen atoms in total. The van der Waals surface area contributed by atoms with Gasteiger partial charge >= 0.3 is 0 Å². The van der Waals surface area contributed by atoms with Crippen LogP contribution in [0, 0.1) is 19.8 Å². The van der Waals surface area contributed by atoms with Gasteiger partial charge in [-0.15, -0.1) is 11.8 Å². The number of aromatic nitrogens is 2. The Hall–Kier alpha value is -3.58. The fourth-order valence-corrected chi connectivity index (χ4v) is 8.71. The molecule has 1 aromatic carbocycles. The summed E-state index contributed by atoms with van der Waals surface area (Å²) in [4.78, 5) is 39.9. The molecule has 0 spiro atoms. The van der Waals surface area contributed by atoms with Gasteiger partial charge in [0.25, 0.3) is 17.3 Å². The zero-order chi connectivity index (χ0) is 36.6. The van der Waals surface area contributed by atoms with Gasteiger partial charge < -0.3 is 39.4 Å². The van der Waals surface area contributed by atoms with Crippen molar-refractivity contribution >= 4 is 23.5 Å². The minimum atomic E-state index is -0.916. The topological polar surface area (TPSA) is 129 Å². The van der Waals surface area contributed by atoms with Crippen LogP contribution in [-0.4, -0.2) is 89.0 Å². The number of anilines is 1. The average molecular weight is 720 g/mol. The highest BCUT2D eigenvalue weighted by Crippen LogP contribution is 2.53. The van der Waals surface area contributed by atoms with Crippen molar-refractivity contribution < 1.29 is 24.1 Å². The predicted molar refractivity (Wildman–Crippen MR) is 201 cm³/mol. The maximum absolute atomic E-state index is 14.0. The van der Waals surface area contributed by atoms with Crippen LogP contribution in [0.15, 0.2) is 40.2 Å². The first-order chi connectivity index (χ1) is 24.3. The van der Waals surface area contributed by atoms with Gasteiger partial charge in [-0.25, -0.2) is 4.98 Å². The molecule has 6 rings (SSSR count). The summed E-state index contributed by atoms with van der Waals surface area (Å²) in [5, 5.41) is 12.9. The lowest BCUT2D eigenvalue weighted by atomic mass is 9.81. The van der Waals surface area contributed by atoms with Crippen molar-refractivity contribution in [2.24, 2.45) is 5.92 Å². The van der Waals surface area contributed by atoms with Crippen LogP contribution >= 0.6 is 11.8 Å². The van der Waals surface area contributed by atoms with Gasteiger partial charge in [0.05, 0.1) is 18.3 Å². The number of rotatable bonds is 10. The number of morpholine rings is 1. The van der Waals surface area contributed by atoms with Crippen LogP contribution in [0.5, 0.6) is 11.5 Å². The second-order valence-corrected chi connectivity index (χ2v) is 15.7. The number of carbonyl (C=O) groups is 1. The molecule has 3 aliphatic rings. The molecule has 1 amide bonds. The van der Waals surface area contributed by atoms with Crippen LogP contribution in [0.1, 0.15) is 80.6 Å². The van der Waals surface area contributed by atoms with Gasteiger partial charge in [-0.05, 0) is 97.9 Å². The summed E-state index contributed by atoms with van der Waals surface area (Å²) in [6, 6.07) is 8.22. The molecule has 3 aromatic rings. The van der Waals surface area contributed by atoms with Crippen molar-refractivity contribution in [3.63, 3.8) is 0 Å². The number of pyridine rings is 2. The number of aryl methyl sites for hydroxylation is 1. The van der Waals surface area contributed by atoms with E-state index < -0.39 is 5.79 Å². The van der Waals surface area contributed by atoms with Crippen LogP contribution in [0.3, 0.4) is 0 Å². The van der Waals surface area contributed by atoms with Crippen LogP contribution in [0.4, 0.5) is 5.82 Å². The average Bonchev–Trinajstić information content (AvgIpc) is 3.46. The summed E-state index contributed by atoms with van der Waals surface area (Å²) in [7, 11) is 2.08. The Labute approximate surface area is 305 Å². The summed E-state index contributed by atoms with van der Waals surface area (Å²) >= 11 is 1.48. The molecule has 1 unspecified atom stereocenters. The third-order valence-electron chi connectivity index (χ3n) is 10.6. The predicted octanol–water partition coefficient (Wildman–Crippen LogP) is 5.68. The summed E-state index contributed by atoms with van der Waals surface area (Å²) in [5.41, 5.74) is 3.77. The zero-order valence-electron chi connectivity index (χ0n) is 31.2. The molecule has 0 radical (unpaired) electrons. The van der Waals surface area contributed by atoms with Crippen LogP contribution in [0.2, 0.25) is 0 Å². The number of amides is 1. The number of hydrogen-bond acceptors (Lipinski definition) is 10. The SMILES string of the molecule is CSc1cc(C)[nH]c(=O)c1CNC(=O)c1cc(-c2ccc(N3C[C@@H](C)O[C@@H](C)C3)nc2)c2c(c1C)OC(C)([C@H]1CC[C@H](N(C)C[C@H](C)O)CC1)O2. The van der Waals surface area contributed by atoms with Crippen LogP contribution in [-0.2, 0) is 11.3 Å². The number of thioether (sulfide) groups is 1. The van der Waals surface area contributed by atoms with E-state index in [2.05, 4.69) is 41.0 Å². The Morgan fingerprint density at radius 1 is 1.14 bits per heavy atom. The van der Waals surface area contributed by atoms with Crippen LogP contribution in [0.25, 0.3) is 11.1 Å². The molecule has 2 aromatic heterocycles. The summed E-state index contributed by atoms with van der Waals surface area (Å²) in [6.07, 6.45) is 7.39. The van der Waals surface area contributed by atoms with Gasteiger partial charge in [-0.1, -0.05) is 0 Å². The third-order valence-corrected chi connectivity index (χ3v) is 11.4. The monoisotopic (exact) mass is 719 g/mol. The number of carbonyl (C=O) groups excluding carboxylic acids is 1. The van der Waals surface area contributed by atoms with E-state index in [-0.39, 0.29) is 42.2 Å². The number of nitrogens with zero attached hydrogens (tertiary/aromatic N) is 3. The first kappa shape index (κ1) is 37.2. The van der Waals surface area contributed by atoms with Crippen molar-refractivity contribution in [2.45, 2.75) is 109 Å². The second-order valence-electron chi connectivity index (χ2n) is 14.8. The van der Waals surface area contributed by atoms with Crippen LogP contribution < -0.4 is 25.2 Å². The maximum atomic E-state index is 14.0. The van der Waals surface area contributed by atoms with E-state index in [0.29, 0.717) is 40.8 Å². The van der Waals surface area contributed by atoms with Gasteiger partial charge in [0, 0.05) is 89.7 Å². The highest BCUT2D eigenvalue weighted by molar-refractivity contribution is 7.98. The number of likely N-dealkylation sites (N-methyl/N-ethyl adjacent to an activating group) is 1. The van der Waals surface area contributed by atoms with E-state index in [0.717, 1.165) is 66.3 Å². The summed E-state index contributed by atoms with van der Waals surface area (Å²) in [5.74, 6) is 0.961. The lowest BCUT2D eigenvalue weighted by molar-refractivity contribution is -0.124. The fraction of sp³-hybridized carbons (Fsp3) is 0.564. The first-order valence-electron chi connectivity index (χ1n) is 18.1.